The smallest absolute Gasteiger partial charge is 0.327 e. The Labute approximate surface area is 207 Å². The molecule has 3 saturated heterocycles. The third kappa shape index (κ3) is 3.03. The van der Waals surface area contributed by atoms with Gasteiger partial charge in [-0.25, -0.2) is 0 Å². The monoisotopic (exact) mass is 502 g/mol. The Morgan fingerprint density at radius 2 is 1.82 bits per heavy atom. The molecule has 4 atom stereocenters. The molecular weight excluding hydrogens is 479 g/mol. The van der Waals surface area contributed by atoms with Crippen molar-refractivity contribution >= 4 is 41.0 Å². The molecule has 0 aliphatic carbocycles. The van der Waals surface area contributed by atoms with Crippen molar-refractivity contribution in [3.05, 3.63) is 52.0 Å². The number of carbonyl (C=O) groups is 3. The van der Waals surface area contributed by atoms with Crippen LogP contribution in [-0.4, -0.2) is 60.9 Å². The molecule has 3 aliphatic heterocycles. The molecule has 7 nitrogen and oxygen atoms in total. The van der Waals surface area contributed by atoms with Gasteiger partial charge in [0, 0.05) is 18.7 Å². The van der Waals surface area contributed by atoms with E-state index < -0.39 is 29.4 Å². The summed E-state index contributed by atoms with van der Waals surface area (Å²) in [7, 11) is 4.39. The van der Waals surface area contributed by atoms with Crippen molar-refractivity contribution in [3.63, 3.8) is 0 Å². The zero-order valence-corrected chi connectivity index (χ0v) is 20.5. The van der Waals surface area contributed by atoms with E-state index >= 15 is 0 Å². The molecule has 9 heteroatoms. The van der Waals surface area contributed by atoms with Gasteiger partial charge in [0.15, 0.2) is 0 Å². The lowest BCUT2D eigenvalue weighted by atomic mass is 9.77. The Morgan fingerprint density at radius 3 is 2.50 bits per heavy atom. The number of fused-ring (bicyclic) bond motifs is 3. The number of methoxy groups -OCH3 is 2. The summed E-state index contributed by atoms with van der Waals surface area (Å²) in [6.07, 6.45) is 1.21. The third-order valence-corrected chi connectivity index (χ3v) is 8.31. The second kappa shape index (κ2) is 8.26. The number of hydrogen-bond acceptors (Lipinski definition) is 6. The van der Waals surface area contributed by atoms with Gasteiger partial charge < -0.3 is 9.47 Å². The Balaban J connectivity index is 1.64. The molecule has 2 aromatic carbocycles. The molecule has 2 aromatic rings. The number of carbonyl (C=O) groups excluding carboxylic acids is 3. The van der Waals surface area contributed by atoms with Gasteiger partial charge in [0.2, 0.25) is 11.8 Å². The number of rotatable bonds is 4. The average molecular weight is 503 g/mol. The number of amides is 2. The van der Waals surface area contributed by atoms with E-state index in [0.29, 0.717) is 28.8 Å². The van der Waals surface area contributed by atoms with E-state index in [1.807, 2.05) is 29.2 Å². The highest BCUT2D eigenvalue weighted by Gasteiger charge is 2.73. The molecule has 34 heavy (non-hydrogen) atoms. The zero-order valence-electron chi connectivity index (χ0n) is 19.0. The summed E-state index contributed by atoms with van der Waals surface area (Å²) in [5.74, 6) is -1.91. The van der Waals surface area contributed by atoms with Crippen LogP contribution in [0.25, 0.3) is 11.1 Å². The van der Waals surface area contributed by atoms with Gasteiger partial charge in [0.25, 0.3) is 0 Å². The molecule has 0 bridgehead atoms. The number of esters is 1. The Bertz CT molecular complexity index is 1220. The average Bonchev–Trinajstić information content (AvgIpc) is 3.45. The van der Waals surface area contributed by atoms with Gasteiger partial charge in [0.1, 0.15) is 11.3 Å². The van der Waals surface area contributed by atoms with E-state index in [1.54, 1.807) is 19.2 Å². The van der Waals surface area contributed by atoms with Crippen molar-refractivity contribution < 1.29 is 23.9 Å². The first-order valence-corrected chi connectivity index (χ1v) is 11.8. The lowest BCUT2D eigenvalue weighted by Gasteiger charge is -2.35. The molecule has 3 heterocycles. The predicted octanol–water partition coefficient (Wildman–Crippen LogP) is 3.96. The van der Waals surface area contributed by atoms with Crippen molar-refractivity contribution in [1.82, 2.24) is 9.80 Å². The molecule has 3 fully saturated rings. The van der Waals surface area contributed by atoms with Crippen LogP contribution in [0.5, 0.6) is 5.75 Å². The molecule has 3 aliphatic rings. The number of benzene rings is 2. The number of likely N-dealkylation sites (tertiary alicyclic amines) is 1. The lowest BCUT2D eigenvalue weighted by molar-refractivity contribution is -0.158. The van der Waals surface area contributed by atoms with Crippen LogP contribution in [0.4, 0.5) is 0 Å². The van der Waals surface area contributed by atoms with Crippen molar-refractivity contribution in [2.75, 3.05) is 27.8 Å². The highest BCUT2D eigenvalue weighted by Crippen LogP contribution is 2.59. The molecule has 0 saturated carbocycles. The van der Waals surface area contributed by atoms with Crippen LogP contribution in [0.2, 0.25) is 10.0 Å². The molecular formula is C25H24Cl2N2O5. The van der Waals surface area contributed by atoms with Crippen LogP contribution in [0.1, 0.15) is 24.4 Å². The fraction of sp³-hybridized carbons (Fsp3) is 0.400. The summed E-state index contributed by atoms with van der Waals surface area (Å²) in [5.41, 5.74) is 1.31. The van der Waals surface area contributed by atoms with E-state index in [2.05, 4.69) is 0 Å². The van der Waals surface area contributed by atoms with E-state index in [1.165, 1.54) is 14.2 Å². The first-order valence-electron chi connectivity index (χ1n) is 11.1. The van der Waals surface area contributed by atoms with Crippen LogP contribution < -0.4 is 4.74 Å². The maximum absolute atomic E-state index is 13.2. The van der Waals surface area contributed by atoms with Gasteiger partial charge in [-0.15, -0.1) is 0 Å². The van der Waals surface area contributed by atoms with Crippen LogP contribution in [0, 0.1) is 11.8 Å². The summed E-state index contributed by atoms with van der Waals surface area (Å²) in [6.45, 7) is 0.591. The topological polar surface area (TPSA) is 76.2 Å². The van der Waals surface area contributed by atoms with Gasteiger partial charge in [-0.2, -0.15) is 0 Å². The first-order chi connectivity index (χ1) is 16.3. The summed E-state index contributed by atoms with van der Waals surface area (Å²) in [5, 5.41) is 0.890. The standard InChI is InChI=1S/C25H24Cl2N2O5/c1-28-22(30)19-20(23(28)31)25(24(32)34-3)9-4-10-29(25)21(19)14-5-7-15(18(12-14)33-2)13-6-8-16(26)17(27)11-13/h5-8,11-12,19-21H,4,9-10H2,1-3H3/t19-,20-,21+,25-/m0/s1. The number of halogens is 2. The number of nitrogens with zero attached hydrogens (tertiary/aromatic N) is 2. The molecule has 0 unspecified atom stereocenters. The maximum atomic E-state index is 13.2. The number of hydrogen-bond donors (Lipinski definition) is 0. The molecule has 0 N–H and O–H groups in total. The van der Waals surface area contributed by atoms with Crippen LogP contribution in [-0.2, 0) is 19.1 Å². The maximum Gasteiger partial charge on any atom is 0.327 e. The SMILES string of the molecule is COC(=O)[C@@]12CCCN1[C@H](c1ccc(-c3ccc(Cl)c(Cl)c3)c(OC)c1)[C@H]1C(=O)N(C)C(=O)[C@H]12. The molecule has 5 rings (SSSR count). The molecule has 0 aromatic heterocycles. The van der Waals surface area contributed by atoms with Crippen LogP contribution in [0.3, 0.4) is 0 Å². The number of imide groups is 1. The second-order valence-electron chi connectivity index (χ2n) is 8.99. The van der Waals surface area contributed by atoms with Gasteiger partial charge in [-0.1, -0.05) is 41.4 Å². The summed E-state index contributed by atoms with van der Waals surface area (Å²) in [4.78, 5) is 42.7. The largest absolute Gasteiger partial charge is 0.496 e. The van der Waals surface area contributed by atoms with E-state index in [9.17, 15) is 14.4 Å². The van der Waals surface area contributed by atoms with Crippen molar-refractivity contribution in [2.45, 2.75) is 24.4 Å². The Hall–Kier alpha value is -2.61. The quantitative estimate of drug-likeness (QED) is 0.465. The van der Waals surface area contributed by atoms with Gasteiger partial charge in [0.05, 0.1) is 36.1 Å². The minimum absolute atomic E-state index is 0.273. The lowest BCUT2D eigenvalue weighted by Crippen LogP contribution is -2.54. The van der Waals surface area contributed by atoms with Crippen molar-refractivity contribution in [3.8, 4) is 16.9 Å². The van der Waals surface area contributed by atoms with Crippen LogP contribution in [0.15, 0.2) is 36.4 Å². The highest BCUT2D eigenvalue weighted by atomic mass is 35.5. The Morgan fingerprint density at radius 1 is 1.06 bits per heavy atom. The van der Waals surface area contributed by atoms with Crippen molar-refractivity contribution in [2.24, 2.45) is 11.8 Å². The summed E-state index contributed by atoms with van der Waals surface area (Å²) >= 11 is 12.3. The fourth-order valence-electron chi connectivity index (χ4n) is 6.14. The van der Waals surface area contributed by atoms with Gasteiger partial charge in [-0.05, 0) is 48.7 Å². The molecule has 2 amide bonds. The van der Waals surface area contributed by atoms with E-state index in [0.717, 1.165) is 28.0 Å². The van der Waals surface area contributed by atoms with Crippen LogP contribution >= 0.6 is 23.2 Å². The third-order valence-electron chi connectivity index (χ3n) is 7.57. The van der Waals surface area contributed by atoms with Crippen molar-refractivity contribution in [1.29, 1.82) is 0 Å². The number of ether oxygens (including phenoxy) is 2. The van der Waals surface area contributed by atoms with E-state index in [4.69, 9.17) is 32.7 Å². The molecule has 178 valence electrons. The zero-order chi connectivity index (χ0) is 24.4. The normalized spacial score (nSPS) is 28.3. The van der Waals surface area contributed by atoms with E-state index in [-0.39, 0.29) is 11.8 Å². The minimum atomic E-state index is -1.14. The predicted molar refractivity (Wildman–Crippen MR) is 127 cm³/mol. The van der Waals surface area contributed by atoms with Gasteiger partial charge >= 0.3 is 5.97 Å². The summed E-state index contributed by atoms with van der Waals surface area (Å²) in [6, 6.07) is 10.6. The Kier molecular flexibility index (Phi) is 5.62. The highest BCUT2D eigenvalue weighted by molar-refractivity contribution is 6.42. The molecule has 0 spiro atoms. The summed E-state index contributed by atoms with van der Waals surface area (Å²) < 4.78 is 10.9. The molecule has 0 radical (unpaired) electrons. The second-order valence-corrected chi connectivity index (χ2v) is 9.80. The van der Waals surface area contributed by atoms with Gasteiger partial charge in [-0.3, -0.25) is 24.2 Å². The fourth-order valence-corrected chi connectivity index (χ4v) is 6.44. The minimum Gasteiger partial charge on any atom is -0.496 e. The first kappa shape index (κ1) is 23.1.